The molecule has 5 nitrogen and oxygen atoms in total. The standard InChI is InChI=1S/C8H14ClN3O2S/c1-7(8-10-4-5-11-8)12-15(13,14)6-2-3-9/h4-5,7,12H,2-3,6H2,1H3,(H,10,11). The van der Waals surface area contributed by atoms with Crippen LogP contribution in [0.4, 0.5) is 0 Å². The summed E-state index contributed by atoms with van der Waals surface area (Å²) in [6.07, 6.45) is 3.68. The molecule has 0 aliphatic heterocycles. The lowest BCUT2D eigenvalue weighted by Gasteiger charge is -2.11. The molecule has 0 saturated heterocycles. The van der Waals surface area contributed by atoms with Crippen molar-refractivity contribution in [1.29, 1.82) is 0 Å². The highest BCUT2D eigenvalue weighted by molar-refractivity contribution is 7.89. The fourth-order valence-electron chi connectivity index (χ4n) is 1.14. The molecule has 1 rings (SSSR count). The Morgan fingerprint density at radius 3 is 2.93 bits per heavy atom. The monoisotopic (exact) mass is 251 g/mol. The van der Waals surface area contributed by atoms with E-state index in [1.54, 1.807) is 19.3 Å². The van der Waals surface area contributed by atoms with Gasteiger partial charge < -0.3 is 4.98 Å². The van der Waals surface area contributed by atoms with Crippen LogP contribution in [-0.4, -0.2) is 30.0 Å². The van der Waals surface area contributed by atoms with Gasteiger partial charge in [0.1, 0.15) is 5.82 Å². The van der Waals surface area contributed by atoms with Crippen LogP contribution in [0.1, 0.15) is 25.2 Å². The molecule has 1 atom stereocenters. The third-order valence-electron chi connectivity index (χ3n) is 1.83. The predicted molar refractivity (Wildman–Crippen MR) is 59.3 cm³/mol. The number of nitrogens with one attached hydrogen (secondary N) is 2. The Hall–Kier alpha value is -0.590. The molecule has 0 aliphatic carbocycles. The SMILES string of the molecule is CC(NS(=O)(=O)CCCCl)c1ncc[nH]1. The minimum atomic E-state index is -3.26. The van der Waals surface area contributed by atoms with Crippen LogP contribution in [0.5, 0.6) is 0 Å². The van der Waals surface area contributed by atoms with Gasteiger partial charge in [-0.15, -0.1) is 11.6 Å². The second kappa shape index (κ2) is 5.48. The van der Waals surface area contributed by atoms with E-state index in [2.05, 4.69) is 14.7 Å². The number of H-pyrrole nitrogens is 1. The first-order valence-corrected chi connectivity index (χ1v) is 6.79. The first-order chi connectivity index (χ1) is 7.05. The van der Waals surface area contributed by atoms with Crippen molar-refractivity contribution < 1.29 is 8.42 Å². The van der Waals surface area contributed by atoms with E-state index in [9.17, 15) is 8.42 Å². The first kappa shape index (κ1) is 12.5. The van der Waals surface area contributed by atoms with Crippen molar-refractivity contribution in [2.24, 2.45) is 0 Å². The normalized spacial score (nSPS) is 14.0. The molecule has 0 radical (unpaired) electrons. The topological polar surface area (TPSA) is 74.8 Å². The molecule has 2 N–H and O–H groups in total. The van der Waals surface area contributed by atoms with Crippen molar-refractivity contribution in [2.75, 3.05) is 11.6 Å². The highest BCUT2D eigenvalue weighted by atomic mass is 35.5. The second-order valence-corrected chi connectivity index (χ2v) is 5.43. The summed E-state index contributed by atoms with van der Waals surface area (Å²) in [5, 5.41) is 0. The highest BCUT2D eigenvalue weighted by Gasteiger charge is 2.16. The first-order valence-electron chi connectivity index (χ1n) is 4.60. The summed E-state index contributed by atoms with van der Waals surface area (Å²) in [5.74, 6) is 0.988. The molecule has 0 saturated carbocycles. The van der Waals surface area contributed by atoms with E-state index < -0.39 is 10.0 Å². The minimum absolute atomic E-state index is 0.0432. The molecule has 0 amide bonds. The van der Waals surface area contributed by atoms with Crippen LogP contribution in [0.2, 0.25) is 0 Å². The number of nitrogens with zero attached hydrogens (tertiary/aromatic N) is 1. The molecule has 86 valence electrons. The van der Waals surface area contributed by atoms with E-state index in [0.717, 1.165) is 0 Å². The number of halogens is 1. The number of aromatic amines is 1. The molecule has 0 fully saturated rings. The Labute approximate surface area is 94.3 Å². The number of hydrogen-bond donors (Lipinski definition) is 2. The molecule has 0 aromatic carbocycles. The van der Waals surface area contributed by atoms with E-state index in [4.69, 9.17) is 11.6 Å². The maximum absolute atomic E-state index is 11.5. The van der Waals surface area contributed by atoms with Crippen molar-refractivity contribution >= 4 is 21.6 Å². The van der Waals surface area contributed by atoms with E-state index in [-0.39, 0.29) is 11.8 Å². The summed E-state index contributed by atoms with van der Waals surface area (Å²) in [5.41, 5.74) is 0. The summed E-state index contributed by atoms with van der Waals surface area (Å²) >= 11 is 5.43. The van der Waals surface area contributed by atoms with E-state index >= 15 is 0 Å². The van der Waals surface area contributed by atoms with Gasteiger partial charge in [-0.2, -0.15) is 0 Å². The molecule has 1 heterocycles. The van der Waals surface area contributed by atoms with Crippen LogP contribution in [0.15, 0.2) is 12.4 Å². The molecular formula is C8H14ClN3O2S. The number of imidazole rings is 1. The second-order valence-electron chi connectivity index (χ2n) is 3.18. The lowest BCUT2D eigenvalue weighted by molar-refractivity contribution is 0.560. The summed E-state index contributed by atoms with van der Waals surface area (Å²) in [4.78, 5) is 6.82. The van der Waals surface area contributed by atoms with Crippen molar-refractivity contribution in [3.63, 3.8) is 0 Å². The lowest BCUT2D eigenvalue weighted by Crippen LogP contribution is -2.29. The third-order valence-corrected chi connectivity index (χ3v) is 3.64. The zero-order chi connectivity index (χ0) is 11.3. The Morgan fingerprint density at radius 1 is 1.67 bits per heavy atom. The zero-order valence-corrected chi connectivity index (χ0v) is 9.98. The Morgan fingerprint density at radius 2 is 2.40 bits per heavy atom. The van der Waals surface area contributed by atoms with Crippen molar-refractivity contribution in [2.45, 2.75) is 19.4 Å². The smallest absolute Gasteiger partial charge is 0.212 e. The minimum Gasteiger partial charge on any atom is -0.347 e. The van der Waals surface area contributed by atoms with Gasteiger partial charge in [-0.1, -0.05) is 0 Å². The number of rotatable bonds is 6. The van der Waals surface area contributed by atoms with Crippen LogP contribution in [0.25, 0.3) is 0 Å². The van der Waals surface area contributed by atoms with Crippen LogP contribution >= 0.6 is 11.6 Å². The fraction of sp³-hybridized carbons (Fsp3) is 0.625. The molecule has 15 heavy (non-hydrogen) atoms. The summed E-state index contributed by atoms with van der Waals surface area (Å²) in [6.45, 7) is 1.73. The quantitative estimate of drug-likeness (QED) is 0.742. The largest absolute Gasteiger partial charge is 0.347 e. The van der Waals surface area contributed by atoms with Crippen molar-refractivity contribution in [3.8, 4) is 0 Å². The molecule has 1 aromatic rings. The van der Waals surface area contributed by atoms with Gasteiger partial charge in [-0.05, 0) is 13.3 Å². The van der Waals surface area contributed by atoms with Gasteiger partial charge in [0.15, 0.2) is 0 Å². The van der Waals surface area contributed by atoms with Crippen molar-refractivity contribution in [3.05, 3.63) is 18.2 Å². The van der Waals surface area contributed by atoms with Crippen molar-refractivity contribution in [1.82, 2.24) is 14.7 Å². The molecule has 1 unspecified atom stereocenters. The maximum atomic E-state index is 11.5. The number of sulfonamides is 1. The van der Waals surface area contributed by atoms with Gasteiger partial charge in [0.2, 0.25) is 10.0 Å². The van der Waals surface area contributed by atoms with Gasteiger partial charge >= 0.3 is 0 Å². The van der Waals surface area contributed by atoms with E-state index in [0.29, 0.717) is 18.1 Å². The van der Waals surface area contributed by atoms with Gasteiger partial charge in [0.05, 0.1) is 11.8 Å². The van der Waals surface area contributed by atoms with Crippen LogP contribution in [0.3, 0.4) is 0 Å². The molecule has 0 bridgehead atoms. The fourth-order valence-corrected chi connectivity index (χ4v) is 2.73. The Kier molecular flexibility index (Phi) is 4.56. The lowest BCUT2D eigenvalue weighted by atomic mass is 10.3. The zero-order valence-electron chi connectivity index (χ0n) is 8.40. The number of hydrogen-bond acceptors (Lipinski definition) is 3. The third kappa shape index (κ3) is 4.19. The Balaban J connectivity index is 2.54. The average molecular weight is 252 g/mol. The average Bonchev–Trinajstić information content (AvgIpc) is 2.67. The van der Waals surface area contributed by atoms with Crippen LogP contribution < -0.4 is 4.72 Å². The number of alkyl halides is 1. The van der Waals surface area contributed by atoms with Gasteiger partial charge in [-0.25, -0.2) is 18.1 Å². The molecular weight excluding hydrogens is 238 g/mol. The number of aromatic nitrogens is 2. The van der Waals surface area contributed by atoms with Gasteiger partial charge in [0.25, 0.3) is 0 Å². The highest BCUT2D eigenvalue weighted by Crippen LogP contribution is 2.07. The summed E-state index contributed by atoms with van der Waals surface area (Å²) < 4.78 is 25.5. The molecule has 0 aliphatic rings. The maximum Gasteiger partial charge on any atom is 0.212 e. The predicted octanol–water partition coefficient (Wildman–Crippen LogP) is 1.02. The van der Waals surface area contributed by atoms with Crippen LogP contribution in [-0.2, 0) is 10.0 Å². The van der Waals surface area contributed by atoms with Gasteiger partial charge in [-0.3, -0.25) is 0 Å². The molecule has 1 aromatic heterocycles. The van der Waals surface area contributed by atoms with E-state index in [1.807, 2.05) is 0 Å². The summed E-state index contributed by atoms with van der Waals surface area (Å²) in [6, 6.07) is -0.347. The molecule has 0 spiro atoms. The van der Waals surface area contributed by atoms with Gasteiger partial charge in [0, 0.05) is 18.3 Å². The van der Waals surface area contributed by atoms with E-state index in [1.165, 1.54) is 0 Å². The molecule has 7 heteroatoms. The Bertz CT molecular complexity index is 377. The summed E-state index contributed by atoms with van der Waals surface area (Å²) in [7, 11) is -3.26. The van der Waals surface area contributed by atoms with Crippen LogP contribution in [0, 0.1) is 0 Å².